The third-order valence-corrected chi connectivity index (χ3v) is 4.17. The van der Waals surface area contributed by atoms with Gasteiger partial charge in [0.25, 0.3) is 5.91 Å². The van der Waals surface area contributed by atoms with Crippen LogP contribution in [0.2, 0.25) is 0 Å². The molecule has 0 unspecified atom stereocenters. The molecule has 2 saturated carbocycles. The summed E-state index contributed by atoms with van der Waals surface area (Å²) in [7, 11) is 0. The predicted octanol–water partition coefficient (Wildman–Crippen LogP) is 1.55. The van der Waals surface area contributed by atoms with Crippen molar-refractivity contribution >= 4 is 11.6 Å². The molecule has 0 radical (unpaired) electrons. The Labute approximate surface area is 111 Å². The Bertz CT molecular complexity index is 501. The van der Waals surface area contributed by atoms with E-state index in [1.54, 1.807) is 12.1 Å². The molecule has 3 N–H and O–H groups in total. The monoisotopic (exact) mass is 259 g/mol. The number of rotatable bonds is 3. The summed E-state index contributed by atoms with van der Waals surface area (Å²) in [4.78, 5) is 11.9. The second kappa shape index (κ2) is 5.01. The number of hydrazine groups is 1. The van der Waals surface area contributed by atoms with Crippen LogP contribution in [0.25, 0.3) is 0 Å². The maximum atomic E-state index is 11.9. The summed E-state index contributed by atoms with van der Waals surface area (Å²) in [5, 5.41) is 12.5. The van der Waals surface area contributed by atoms with Crippen molar-refractivity contribution in [2.45, 2.75) is 25.3 Å². The molecule has 2 bridgehead atoms. The van der Waals surface area contributed by atoms with Crippen molar-refractivity contribution in [2.24, 2.45) is 17.0 Å². The van der Waals surface area contributed by atoms with E-state index >= 15 is 0 Å². The number of fused-ring (bicyclic) bond motifs is 2. The van der Waals surface area contributed by atoms with Crippen LogP contribution in [0.1, 0.15) is 29.6 Å². The molecule has 1 amide bonds. The molecule has 1 aromatic rings. The summed E-state index contributed by atoms with van der Waals surface area (Å²) in [5.74, 6) is 0.675. The third kappa shape index (κ3) is 2.21. The van der Waals surface area contributed by atoms with Gasteiger partial charge < -0.3 is 5.21 Å². The van der Waals surface area contributed by atoms with Gasteiger partial charge in [0.15, 0.2) is 0 Å². The third-order valence-electron chi connectivity index (χ3n) is 4.17. The van der Waals surface area contributed by atoms with Crippen molar-refractivity contribution in [3.8, 4) is 0 Å². The van der Waals surface area contributed by atoms with Crippen LogP contribution in [-0.2, 0) is 0 Å². The van der Waals surface area contributed by atoms with E-state index in [0.29, 0.717) is 17.4 Å². The predicted molar refractivity (Wildman–Crippen MR) is 70.9 cm³/mol. The van der Waals surface area contributed by atoms with Crippen LogP contribution in [0.15, 0.2) is 35.5 Å². The van der Waals surface area contributed by atoms with Gasteiger partial charge in [0, 0.05) is 11.5 Å². The van der Waals surface area contributed by atoms with E-state index < -0.39 is 0 Å². The van der Waals surface area contributed by atoms with Crippen molar-refractivity contribution in [1.29, 1.82) is 0 Å². The number of carbonyl (C=O) groups excluding carboxylic acids is 1. The fraction of sp³-hybridized carbons (Fsp3) is 0.429. The van der Waals surface area contributed by atoms with Crippen molar-refractivity contribution in [3.05, 3.63) is 35.9 Å². The minimum absolute atomic E-state index is 0.0311. The topological polar surface area (TPSA) is 73.7 Å². The van der Waals surface area contributed by atoms with Gasteiger partial charge in [0.1, 0.15) is 0 Å². The molecule has 0 spiro atoms. The van der Waals surface area contributed by atoms with Crippen LogP contribution >= 0.6 is 0 Å². The van der Waals surface area contributed by atoms with Crippen molar-refractivity contribution in [2.75, 3.05) is 0 Å². The molecule has 100 valence electrons. The molecule has 19 heavy (non-hydrogen) atoms. The van der Waals surface area contributed by atoms with Crippen LogP contribution in [0, 0.1) is 11.8 Å². The average Bonchev–Trinajstić information content (AvgIpc) is 3.06. The number of hydrogen-bond acceptors (Lipinski definition) is 4. The summed E-state index contributed by atoms with van der Waals surface area (Å²) < 4.78 is 0. The maximum Gasteiger partial charge on any atom is 0.265 e. The summed E-state index contributed by atoms with van der Waals surface area (Å²) in [5.41, 5.74) is 7.12. The van der Waals surface area contributed by atoms with E-state index in [1.807, 2.05) is 18.2 Å². The molecule has 0 aliphatic heterocycles. The number of hydrogen-bond donors (Lipinski definition) is 3. The van der Waals surface area contributed by atoms with E-state index in [1.165, 1.54) is 0 Å². The van der Waals surface area contributed by atoms with Gasteiger partial charge in [-0.25, -0.2) is 5.43 Å². The Morgan fingerprint density at radius 2 is 2.05 bits per heavy atom. The smallest absolute Gasteiger partial charge is 0.265 e. The standard InChI is InChI=1S/C14H17N3O2/c18-14(9-4-2-1-3-5-9)16-15-12-10-6-7-11(8-10)13(12)17-19/h1-5,10-12,15,19H,6-8H2,(H,16,18)/b17-13+/t10-,11-,12+/m0/s1. The molecule has 1 aromatic carbocycles. The van der Waals surface area contributed by atoms with Crippen LogP contribution in [-0.4, -0.2) is 22.9 Å². The Morgan fingerprint density at radius 3 is 2.79 bits per heavy atom. The lowest BCUT2D eigenvalue weighted by molar-refractivity contribution is 0.0925. The van der Waals surface area contributed by atoms with Gasteiger partial charge in [-0.1, -0.05) is 23.4 Å². The summed E-state index contributed by atoms with van der Waals surface area (Å²) in [6.45, 7) is 0. The average molecular weight is 259 g/mol. The van der Waals surface area contributed by atoms with Crippen molar-refractivity contribution in [3.63, 3.8) is 0 Å². The van der Waals surface area contributed by atoms with E-state index in [-0.39, 0.29) is 11.9 Å². The molecule has 3 atom stereocenters. The molecular formula is C14H17N3O2. The lowest BCUT2D eigenvalue weighted by atomic mass is 9.94. The Morgan fingerprint density at radius 1 is 1.26 bits per heavy atom. The molecule has 5 nitrogen and oxygen atoms in total. The van der Waals surface area contributed by atoms with E-state index in [2.05, 4.69) is 16.0 Å². The normalized spacial score (nSPS) is 30.7. The Balaban J connectivity index is 1.62. The largest absolute Gasteiger partial charge is 0.411 e. The Kier molecular flexibility index (Phi) is 3.21. The lowest BCUT2D eigenvalue weighted by Gasteiger charge is -2.24. The Hall–Kier alpha value is -1.88. The van der Waals surface area contributed by atoms with Crippen molar-refractivity contribution in [1.82, 2.24) is 10.9 Å². The molecule has 0 aromatic heterocycles. The van der Waals surface area contributed by atoms with Gasteiger partial charge in [0.2, 0.25) is 0 Å². The molecule has 3 rings (SSSR count). The fourth-order valence-electron chi connectivity index (χ4n) is 3.22. The molecular weight excluding hydrogens is 242 g/mol. The second-order valence-electron chi connectivity index (χ2n) is 5.24. The zero-order chi connectivity index (χ0) is 13.2. The molecule has 2 aliphatic rings. The van der Waals surface area contributed by atoms with Crippen LogP contribution in [0.4, 0.5) is 0 Å². The highest BCUT2D eigenvalue weighted by molar-refractivity contribution is 5.96. The quantitative estimate of drug-likeness (QED) is 0.569. The first-order chi connectivity index (χ1) is 9.29. The van der Waals surface area contributed by atoms with E-state index in [0.717, 1.165) is 25.0 Å². The van der Waals surface area contributed by atoms with Gasteiger partial charge in [0.05, 0.1) is 11.8 Å². The lowest BCUT2D eigenvalue weighted by Crippen LogP contribution is -2.50. The first-order valence-corrected chi connectivity index (χ1v) is 6.62. The number of carbonyl (C=O) groups is 1. The first-order valence-electron chi connectivity index (χ1n) is 6.62. The summed E-state index contributed by atoms with van der Waals surface area (Å²) in [6, 6.07) is 9.02. The number of nitrogens with zero attached hydrogens (tertiary/aromatic N) is 1. The highest BCUT2D eigenvalue weighted by Crippen LogP contribution is 2.42. The molecule has 0 heterocycles. The zero-order valence-electron chi connectivity index (χ0n) is 10.5. The maximum absolute atomic E-state index is 11.9. The molecule has 2 fully saturated rings. The zero-order valence-corrected chi connectivity index (χ0v) is 10.5. The SMILES string of the molecule is O=C(NN[C@H]1/C(=N/O)[C@H]2CC[C@H]1C2)c1ccccc1. The van der Waals surface area contributed by atoms with Gasteiger partial charge in [-0.15, -0.1) is 0 Å². The summed E-state index contributed by atoms with van der Waals surface area (Å²) >= 11 is 0. The summed E-state index contributed by atoms with van der Waals surface area (Å²) in [6.07, 6.45) is 3.27. The van der Waals surface area contributed by atoms with E-state index in [9.17, 15) is 4.79 Å². The van der Waals surface area contributed by atoms with Gasteiger partial charge in [-0.2, -0.15) is 0 Å². The van der Waals surface area contributed by atoms with Gasteiger partial charge in [-0.3, -0.25) is 10.2 Å². The number of amides is 1. The van der Waals surface area contributed by atoms with Crippen LogP contribution < -0.4 is 10.9 Å². The highest BCUT2D eigenvalue weighted by Gasteiger charge is 2.45. The number of nitrogens with one attached hydrogen (secondary N) is 2. The highest BCUT2D eigenvalue weighted by atomic mass is 16.4. The van der Waals surface area contributed by atoms with Crippen LogP contribution in [0.5, 0.6) is 0 Å². The molecule has 0 saturated heterocycles. The minimum Gasteiger partial charge on any atom is -0.411 e. The number of benzene rings is 1. The number of oxime groups is 1. The van der Waals surface area contributed by atoms with Crippen molar-refractivity contribution < 1.29 is 10.0 Å². The van der Waals surface area contributed by atoms with E-state index in [4.69, 9.17) is 5.21 Å². The molecule has 2 aliphatic carbocycles. The van der Waals surface area contributed by atoms with Gasteiger partial charge in [-0.05, 0) is 37.3 Å². The van der Waals surface area contributed by atoms with Gasteiger partial charge >= 0.3 is 0 Å². The fourth-order valence-corrected chi connectivity index (χ4v) is 3.22. The molecule has 5 heteroatoms. The van der Waals surface area contributed by atoms with Crippen LogP contribution in [0.3, 0.4) is 0 Å². The second-order valence-corrected chi connectivity index (χ2v) is 5.24. The first kappa shape index (κ1) is 12.2. The minimum atomic E-state index is -0.166.